The molecule has 2 aromatic heterocycles. The van der Waals surface area contributed by atoms with Gasteiger partial charge in [-0.3, -0.25) is 4.68 Å². The summed E-state index contributed by atoms with van der Waals surface area (Å²) in [5.74, 6) is 0.386. The molecule has 0 atom stereocenters. The van der Waals surface area contributed by atoms with Crippen LogP contribution in [-0.2, 0) is 13.6 Å². The first-order valence-electron chi connectivity index (χ1n) is 6.05. The summed E-state index contributed by atoms with van der Waals surface area (Å²) in [7, 11) is 1.63. The number of alkyl halides is 2. The number of halogens is 2. The van der Waals surface area contributed by atoms with Gasteiger partial charge in [0.2, 0.25) is 0 Å². The third-order valence-electron chi connectivity index (χ3n) is 3.23. The number of hydrogen-bond acceptors (Lipinski definition) is 4. The van der Waals surface area contributed by atoms with Gasteiger partial charge in [-0.15, -0.1) is 5.10 Å². The first kappa shape index (κ1) is 12.2. The molecule has 3 heterocycles. The van der Waals surface area contributed by atoms with Gasteiger partial charge in [0.05, 0.1) is 12.2 Å². The van der Waals surface area contributed by atoms with Crippen molar-refractivity contribution < 1.29 is 8.78 Å². The van der Waals surface area contributed by atoms with E-state index in [4.69, 9.17) is 0 Å². The minimum atomic E-state index is -2.57. The summed E-state index contributed by atoms with van der Waals surface area (Å²) in [5, 5.41) is 15.0. The van der Waals surface area contributed by atoms with Gasteiger partial charge in [0.25, 0.3) is 6.43 Å². The zero-order valence-corrected chi connectivity index (χ0v) is 10.4. The van der Waals surface area contributed by atoms with E-state index < -0.39 is 6.43 Å². The molecule has 19 heavy (non-hydrogen) atoms. The SMILES string of the molecule is Cn1cc(Cn2cc(C3CNC3)nn2)c(C(F)F)n1. The van der Waals surface area contributed by atoms with E-state index in [1.807, 2.05) is 6.20 Å². The van der Waals surface area contributed by atoms with E-state index in [0.29, 0.717) is 11.5 Å². The Balaban J connectivity index is 1.78. The van der Waals surface area contributed by atoms with Crippen LogP contribution >= 0.6 is 0 Å². The van der Waals surface area contributed by atoms with Crippen molar-refractivity contribution in [3.8, 4) is 0 Å². The molecule has 0 unspecified atom stereocenters. The van der Waals surface area contributed by atoms with Crippen LogP contribution in [0.4, 0.5) is 8.78 Å². The highest BCUT2D eigenvalue weighted by Gasteiger charge is 2.23. The maximum absolute atomic E-state index is 12.8. The molecule has 102 valence electrons. The maximum atomic E-state index is 12.8. The topological polar surface area (TPSA) is 60.6 Å². The zero-order chi connectivity index (χ0) is 13.4. The summed E-state index contributed by atoms with van der Waals surface area (Å²) < 4.78 is 28.6. The number of aromatic nitrogens is 5. The number of aryl methyl sites for hydroxylation is 1. The van der Waals surface area contributed by atoms with Gasteiger partial charge in [-0.1, -0.05) is 5.21 Å². The number of rotatable bonds is 4. The monoisotopic (exact) mass is 268 g/mol. The van der Waals surface area contributed by atoms with Crippen LogP contribution in [0.1, 0.15) is 29.3 Å². The molecule has 1 saturated heterocycles. The van der Waals surface area contributed by atoms with E-state index >= 15 is 0 Å². The van der Waals surface area contributed by atoms with Gasteiger partial charge in [0, 0.05) is 44.0 Å². The van der Waals surface area contributed by atoms with Crippen molar-refractivity contribution in [3.63, 3.8) is 0 Å². The summed E-state index contributed by atoms with van der Waals surface area (Å²) in [5.41, 5.74) is 1.19. The molecule has 0 aromatic carbocycles. The summed E-state index contributed by atoms with van der Waals surface area (Å²) in [6.45, 7) is 2.06. The molecule has 1 aliphatic rings. The summed E-state index contributed by atoms with van der Waals surface area (Å²) in [6.07, 6.45) is 0.830. The molecular formula is C11H14F2N6. The fraction of sp³-hybridized carbons (Fsp3) is 0.545. The van der Waals surface area contributed by atoms with Crippen molar-refractivity contribution in [1.29, 1.82) is 0 Å². The molecule has 0 saturated carbocycles. The third-order valence-corrected chi connectivity index (χ3v) is 3.23. The number of nitrogens with zero attached hydrogens (tertiary/aromatic N) is 5. The molecule has 1 fully saturated rings. The van der Waals surface area contributed by atoms with E-state index in [1.165, 1.54) is 4.68 Å². The highest BCUT2D eigenvalue weighted by molar-refractivity contribution is 5.19. The Bertz CT molecular complexity index is 572. The van der Waals surface area contributed by atoms with E-state index in [0.717, 1.165) is 18.8 Å². The smallest absolute Gasteiger partial charge is 0.282 e. The largest absolute Gasteiger partial charge is 0.315 e. The van der Waals surface area contributed by atoms with Gasteiger partial charge in [-0.25, -0.2) is 13.5 Å². The fourth-order valence-electron chi connectivity index (χ4n) is 2.11. The van der Waals surface area contributed by atoms with Crippen LogP contribution in [0.5, 0.6) is 0 Å². The molecule has 0 radical (unpaired) electrons. The predicted molar refractivity (Wildman–Crippen MR) is 62.9 cm³/mol. The number of nitrogens with one attached hydrogen (secondary N) is 1. The van der Waals surface area contributed by atoms with Crippen LogP contribution < -0.4 is 5.32 Å². The van der Waals surface area contributed by atoms with Crippen molar-refractivity contribution in [3.05, 3.63) is 29.3 Å². The lowest BCUT2D eigenvalue weighted by atomic mass is 10.0. The van der Waals surface area contributed by atoms with E-state index in [2.05, 4.69) is 20.7 Å². The molecule has 1 aliphatic heterocycles. The first-order chi connectivity index (χ1) is 9.13. The van der Waals surface area contributed by atoms with Crippen molar-refractivity contribution in [2.24, 2.45) is 7.05 Å². The molecular weight excluding hydrogens is 254 g/mol. The lowest BCUT2D eigenvalue weighted by Crippen LogP contribution is -2.40. The van der Waals surface area contributed by atoms with Crippen LogP contribution in [0, 0.1) is 0 Å². The van der Waals surface area contributed by atoms with Crippen LogP contribution in [0.2, 0.25) is 0 Å². The van der Waals surface area contributed by atoms with Crippen LogP contribution in [0.15, 0.2) is 12.4 Å². The van der Waals surface area contributed by atoms with Gasteiger partial charge >= 0.3 is 0 Å². The minimum Gasteiger partial charge on any atom is -0.315 e. The summed E-state index contributed by atoms with van der Waals surface area (Å²) >= 11 is 0. The molecule has 0 amide bonds. The van der Waals surface area contributed by atoms with E-state index in [-0.39, 0.29) is 12.2 Å². The van der Waals surface area contributed by atoms with Crippen LogP contribution in [0.3, 0.4) is 0 Å². The Morgan fingerprint density at radius 2 is 2.21 bits per heavy atom. The maximum Gasteiger partial charge on any atom is 0.282 e. The first-order valence-corrected chi connectivity index (χ1v) is 6.05. The fourth-order valence-corrected chi connectivity index (χ4v) is 2.11. The molecule has 6 nitrogen and oxygen atoms in total. The average molecular weight is 268 g/mol. The van der Waals surface area contributed by atoms with Crippen LogP contribution in [-0.4, -0.2) is 37.9 Å². The Morgan fingerprint density at radius 1 is 1.42 bits per heavy atom. The van der Waals surface area contributed by atoms with Gasteiger partial charge in [0.15, 0.2) is 0 Å². The Hall–Kier alpha value is -1.83. The van der Waals surface area contributed by atoms with Crippen molar-refractivity contribution >= 4 is 0 Å². The standard InChI is InChI=1S/C11H14F2N6/c1-18-4-8(10(16-18)11(12)13)5-19-6-9(15-17-19)7-2-14-3-7/h4,6-7,11,14H,2-3,5H2,1H3. The second kappa shape index (κ2) is 4.69. The summed E-state index contributed by atoms with van der Waals surface area (Å²) in [6, 6.07) is 0. The molecule has 0 bridgehead atoms. The van der Waals surface area contributed by atoms with Gasteiger partial charge in [-0.05, 0) is 0 Å². The van der Waals surface area contributed by atoms with E-state index in [1.54, 1.807) is 17.9 Å². The number of hydrogen-bond donors (Lipinski definition) is 1. The third kappa shape index (κ3) is 2.35. The van der Waals surface area contributed by atoms with E-state index in [9.17, 15) is 8.78 Å². The predicted octanol–water partition coefficient (Wildman–Crippen LogP) is 0.684. The van der Waals surface area contributed by atoms with Gasteiger partial charge in [0.1, 0.15) is 5.69 Å². The van der Waals surface area contributed by atoms with Crippen molar-refractivity contribution in [2.75, 3.05) is 13.1 Å². The Morgan fingerprint density at radius 3 is 2.84 bits per heavy atom. The van der Waals surface area contributed by atoms with Crippen molar-refractivity contribution in [1.82, 2.24) is 30.1 Å². The highest BCUT2D eigenvalue weighted by atomic mass is 19.3. The van der Waals surface area contributed by atoms with Crippen LogP contribution in [0.25, 0.3) is 0 Å². The highest BCUT2D eigenvalue weighted by Crippen LogP contribution is 2.22. The zero-order valence-electron chi connectivity index (χ0n) is 10.4. The quantitative estimate of drug-likeness (QED) is 0.886. The average Bonchev–Trinajstić information content (AvgIpc) is 2.84. The molecule has 0 spiro atoms. The molecule has 1 N–H and O–H groups in total. The molecule has 3 rings (SSSR count). The minimum absolute atomic E-state index is 0.190. The second-order valence-corrected chi connectivity index (χ2v) is 4.71. The van der Waals surface area contributed by atoms with Gasteiger partial charge in [-0.2, -0.15) is 5.10 Å². The summed E-state index contributed by atoms with van der Waals surface area (Å²) in [4.78, 5) is 0. The molecule has 0 aliphatic carbocycles. The Labute approximate surface area is 108 Å². The Kier molecular flexibility index (Phi) is 3.02. The molecule has 2 aromatic rings. The van der Waals surface area contributed by atoms with Crippen molar-refractivity contribution in [2.45, 2.75) is 18.9 Å². The van der Waals surface area contributed by atoms with Gasteiger partial charge < -0.3 is 5.32 Å². The molecule has 8 heteroatoms. The second-order valence-electron chi connectivity index (χ2n) is 4.71. The normalized spacial score (nSPS) is 16.0. The lowest BCUT2D eigenvalue weighted by molar-refractivity contribution is 0.144. The lowest BCUT2D eigenvalue weighted by Gasteiger charge is -2.24.